The second-order valence-corrected chi connectivity index (χ2v) is 24.5. The summed E-state index contributed by atoms with van der Waals surface area (Å²) in [5.74, 6) is -0.856. The van der Waals surface area contributed by atoms with E-state index in [1.807, 2.05) is 0 Å². The average molecular weight is 1120 g/mol. The van der Waals surface area contributed by atoms with Crippen molar-refractivity contribution in [1.29, 1.82) is 0 Å². The number of unbranched alkanes of at least 4 members (excludes halogenated alkanes) is 50. The van der Waals surface area contributed by atoms with Crippen LogP contribution in [-0.2, 0) is 28.6 Å². The maximum Gasteiger partial charge on any atom is 0.306 e. The van der Waals surface area contributed by atoms with Crippen LogP contribution in [0.25, 0.3) is 0 Å². The summed E-state index contributed by atoms with van der Waals surface area (Å²) < 4.78 is 17.0. The Hall–Kier alpha value is -2.37. The molecule has 0 aliphatic heterocycles. The third kappa shape index (κ3) is 66.4. The van der Waals surface area contributed by atoms with Gasteiger partial charge in [0.1, 0.15) is 13.2 Å². The molecule has 0 bridgehead atoms. The first-order chi connectivity index (χ1) is 39.5. The summed E-state index contributed by atoms with van der Waals surface area (Å²) in [4.78, 5) is 38.4. The summed E-state index contributed by atoms with van der Waals surface area (Å²) in [7, 11) is 0. The van der Waals surface area contributed by atoms with E-state index in [2.05, 4.69) is 57.2 Å². The van der Waals surface area contributed by atoms with Crippen LogP contribution in [0.15, 0.2) is 36.5 Å². The van der Waals surface area contributed by atoms with E-state index in [4.69, 9.17) is 14.2 Å². The smallest absolute Gasteiger partial charge is 0.306 e. The van der Waals surface area contributed by atoms with Gasteiger partial charge in [-0.3, -0.25) is 14.4 Å². The molecule has 0 amide bonds. The number of hydrogen-bond donors (Lipinski definition) is 0. The van der Waals surface area contributed by atoms with E-state index < -0.39 is 6.10 Å². The van der Waals surface area contributed by atoms with Gasteiger partial charge in [-0.25, -0.2) is 0 Å². The van der Waals surface area contributed by atoms with Gasteiger partial charge in [-0.1, -0.05) is 359 Å². The molecule has 0 heterocycles. The highest BCUT2D eigenvalue weighted by Crippen LogP contribution is 2.19. The Morgan fingerprint density at radius 3 is 0.700 bits per heavy atom. The molecule has 0 N–H and O–H groups in total. The Morgan fingerprint density at radius 2 is 0.450 bits per heavy atom. The lowest BCUT2D eigenvalue weighted by Crippen LogP contribution is -2.30. The van der Waals surface area contributed by atoms with E-state index in [9.17, 15) is 14.4 Å². The van der Waals surface area contributed by atoms with E-state index in [0.717, 1.165) is 77.0 Å². The molecule has 0 fully saturated rings. The summed E-state index contributed by atoms with van der Waals surface area (Å²) in [6.45, 7) is 6.69. The molecule has 0 radical (unpaired) electrons. The van der Waals surface area contributed by atoms with E-state index in [1.54, 1.807) is 0 Å². The molecule has 0 aliphatic carbocycles. The molecule has 0 rings (SSSR count). The Kier molecular flexibility index (Phi) is 67.1. The number of allylic oxidation sites excluding steroid dienone is 6. The monoisotopic (exact) mass is 1120 g/mol. The molecule has 6 nitrogen and oxygen atoms in total. The third-order valence-electron chi connectivity index (χ3n) is 16.4. The Balaban J connectivity index is 4.18. The second-order valence-electron chi connectivity index (χ2n) is 24.5. The number of ether oxygens (including phenoxy) is 3. The van der Waals surface area contributed by atoms with Crippen LogP contribution in [0, 0.1) is 0 Å². The van der Waals surface area contributed by atoms with Crippen LogP contribution in [0.2, 0.25) is 0 Å². The maximum absolute atomic E-state index is 12.9. The van der Waals surface area contributed by atoms with Crippen LogP contribution in [0.5, 0.6) is 0 Å². The molecule has 1 unspecified atom stereocenters. The summed E-state index contributed by atoms with van der Waals surface area (Å²) in [5, 5.41) is 0. The first-order valence-electron chi connectivity index (χ1n) is 36.0. The van der Waals surface area contributed by atoms with Crippen LogP contribution < -0.4 is 0 Å². The Bertz CT molecular complexity index is 1340. The molecule has 470 valence electrons. The van der Waals surface area contributed by atoms with Crippen molar-refractivity contribution < 1.29 is 28.6 Å². The zero-order valence-corrected chi connectivity index (χ0v) is 54.1. The standard InChI is InChI=1S/C74H138O6/c1-4-7-10-13-16-19-22-25-27-29-31-33-34-35-36-37-38-39-40-42-43-45-47-49-52-55-58-61-64-67-73(76)79-70-71(69-78-72(75)66-63-60-57-54-51-24-21-18-15-12-9-6-3)80-74(77)68-65-62-59-56-53-50-48-46-44-41-32-30-28-26-23-20-17-14-11-8-5-2/h23,26,30,32,44,46,71H,4-22,24-25,27-29,31,33-43,45,47-70H2,1-3H3/b26-23-,32-30-,46-44-. The van der Waals surface area contributed by atoms with Crippen LogP contribution >= 0.6 is 0 Å². The highest BCUT2D eigenvalue weighted by Gasteiger charge is 2.19. The summed E-state index contributed by atoms with van der Waals surface area (Å²) >= 11 is 0. The maximum atomic E-state index is 12.9. The van der Waals surface area contributed by atoms with Gasteiger partial charge in [0.2, 0.25) is 0 Å². The Morgan fingerprint density at radius 1 is 0.250 bits per heavy atom. The SMILES string of the molecule is CCCCCCC/C=C\C/C=C\C/C=C\CCCCCCCCC(=O)OC(COC(=O)CCCCCCCCCCCCCC)COC(=O)CCCCCCCCCCCCCCCCCCCCCCCCCCCCCCC. The summed E-state index contributed by atoms with van der Waals surface area (Å²) in [6, 6.07) is 0. The topological polar surface area (TPSA) is 78.9 Å². The number of rotatable bonds is 67. The molecule has 0 spiro atoms. The van der Waals surface area contributed by atoms with Crippen LogP contribution in [-0.4, -0.2) is 37.2 Å². The molecule has 0 aromatic rings. The van der Waals surface area contributed by atoms with Gasteiger partial charge in [-0.2, -0.15) is 0 Å². The first kappa shape index (κ1) is 77.6. The lowest BCUT2D eigenvalue weighted by molar-refractivity contribution is -0.167. The molecule has 0 aromatic carbocycles. The molecule has 0 aliphatic rings. The molecular formula is C74H138O6. The Labute approximate surface area is 499 Å². The molecule has 0 saturated carbocycles. The summed E-state index contributed by atoms with van der Waals surface area (Å²) in [5.41, 5.74) is 0. The first-order valence-corrected chi connectivity index (χ1v) is 36.0. The van der Waals surface area contributed by atoms with Gasteiger partial charge in [0.25, 0.3) is 0 Å². The van der Waals surface area contributed by atoms with E-state index in [1.165, 1.54) is 283 Å². The fraction of sp³-hybridized carbons (Fsp3) is 0.878. The third-order valence-corrected chi connectivity index (χ3v) is 16.4. The fourth-order valence-electron chi connectivity index (χ4n) is 11.0. The van der Waals surface area contributed by atoms with Gasteiger partial charge >= 0.3 is 17.9 Å². The second kappa shape index (κ2) is 69.1. The molecule has 80 heavy (non-hydrogen) atoms. The van der Waals surface area contributed by atoms with Gasteiger partial charge in [0.05, 0.1) is 0 Å². The summed E-state index contributed by atoms with van der Waals surface area (Å²) in [6.07, 6.45) is 86.1. The highest BCUT2D eigenvalue weighted by atomic mass is 16.6. The number of esters is 3. The minimum Gasteiger partial charge on any atom is -0.462 e. The normalized spacial score (nSPS) is 12.2. The van der Waals surface area contributed by atoms with Gasteiger partial charge in [0.15, 0.2) is 6.10 Å². The van der Waals surface area contributed by atoms with Crippen molar-refractivity contribution in [3.63, 3.8) is 0 Å². The van der Waals surface area contributed by atoms with Crippen molar-refractivity contribution >= 4 is 17.9 Å². The molecule has 1 atom stereocenters. The minimum absolute atomic E-state index is 0.0720. The van der Waals surface area contributed by atoms with Crippen LogP contribution in [0.1, 0.15) is 400 Å². The minimum atomic E-state index is -0.777. The van der Waals surface area contributed by atoms with Crippen molar-refractivity contribution in [2.45, 2.75) is 406 Å². The number of carbonyl (C=O) groups is 3. The van der Waals surface area contributed by atoms with Crippen LogP contribution in [0.4, 0.5) is 0 Å². The zero-order valence-electron chi connectivity index (χ0n) is 54.1. The quantitative estimate of drug-likeness (QED) is 0.0261. The average Bonchev–Trinajstić information content (AvgIpc) is 3.46. The lowest BCUT2D eigenvalue weighted by Gasteiger charge is -2.18. The predicted octanol–water partition coefficient (Wildman–Crippen LogP) is 24.7. The van der Waals surface area contributed by atoms with Crippen molar-refractivity contribution in [1.82, 2.24) is 0 Å². The van der Waals surface area contributed by atoms with E-state index in [0.29, 0.717) is 19.3 Å². The lowest BCUT2D eigenvalue weighted by atomic mass is 10.0. The van der Waals surface area contributed by atoms with Gasteiger partial charge < -0.3 is 14.2 Å². The molecule has 6 heteroatoms. The van der Waals surface area contributed by atoms with Crippen molar-refractivity contribution in [2.75, 3.05) is 13.2 Å². The van der Waals surface area contributed by atoms with Crippen LogP contribution in [0.3, 0.4) is 0 Å². The van der Waals surface area contributed by atoms with Gasteiger partial charge in [-0.05, 0) is 57.8 Å². The van der Waals surface area contributed by atoms with Crippen molar-refractivity contribution in [3.8, 4) is 0 Å². The highest BCUT2D eigenvalue weighted by molar-refractivity contribution is 5.71. The van der Waals surface area contributed by atoms with Gasteiger partial charge in [-0.15, -0.1) is 0 Å². The van der Waals surface area contributed by atoms with E-state index in [-0.39, 0.29) is 31.1 Å². The van der Waals surface area contributed by atoms with E-state index >= 15 is 0 Å². The number of carbonyl (C=O) groups excluding carboxylic acids is 3. The predicted molar refractivity (Wildman–Crippen MR) is 349 cm³/mol. The fourth-order valence-corrected chi connectivity index (χ4v) is 11.0. The zero-order chi connectivity index (χ0) is 57.8. The van der Waals surface area contributed by atoms with Crippen molar-refractivity contribution in [2.24, 2.45) is 0 Å². The largest absolute Gasteiger partial charge is 0.462 e. The number of hydrogen-bond acceptors (Lipinski definition) is 6. The molecule has 0 saturated heterocycles. The van der Waals surface area contributed by atoms with Gasteiger partial charge in [0, 0.05) is 19.3 Å². The van der Waals surface area contributed by atoms with Crippen molar-refractivity contribution in [3.05, 3.63) is 36.5 Å². The molecular weight excluding hydrogens is 985 g/mol. The molecule has 0 aromatic heterocycles.